The molecule has 0 radical (unpaired) electrons. The summed E-state index contributed by atoms with van der Waals surface area (Å²) in [6, 6.07) is 0. The number of rotatable bonds is 9. The molecule has 0 fully saturated rings. The maximum atomic E-state index is 11.1. The minimum absolute atomic E-state index is 0.265. The van der Waals surface area contributed by atoms with E-state index >= 15 is 0 Å². The Morgan fingerprint density at radius 3 is 2.44 bits per heavy atom. The fourth-order valence-electron chi connectivity index (χ4n) is 1.51. The van der Waals surface area contributed by atoms with Crippen molar-refractivity contribution in [1.29, 1.82) is 0 Å². The second kappa shape index (κ2) is 8.74. The van der Waals surface area contributed by atoms with E-state index in [1.165, 1.54) is 0 Å². The van der Waals surface area contributed by atoms with Crippen LogP contribution >= 0.6 is 0 Å². The van der Waals surface area contributed by atoms with Gasteiger partial charge in [-0.1, -0.05) is 20.8 Å². The van der Waals surface area contributed by atoms with E-state index in [4.69, 9.17) is 4.74 Å². The highest BCUT2D eigenvalue weighted by Crippen LogP contribution is 2.16. The second-order valence-corrected chi connectivity index (χ2v) is 4.91. The van der Waals surface area contributed by atoms with Crippen molar-refractivity contribution in [3.63, 3.8) is 0 Å². The first-order valence-corrected chi connectivity index (χ1v) is 6.43. The van der Waals surface area contributed by atoms with Crippen molar-refractivity contribution in [3.8, 4) is 0 Å². The van der Waals surface area contributed by atoms with E-state index in [0.29, 0.717) is 24.0 Å². The second-order valence-electron chi connectivity index (χ2n) is 4.91. The molecule has 0 bridgehead atoms. The minimum Gasteiger partial charge on any atom is -0.381 e. The molecule has 0 N–H and O–H groups in total. The zero-order valence-corrected chi connectivity index (χ0v) is 11.3. The first-order chi connectivity index (χ1) is 7.47. The Morgan fingerprint density at radius 1 is 1.31 bits per heavy atom. The number of hydrogen-bond donors (Lipinski definition) is 0. The van der Waals surface area contributed by atoms with Gasteiger partial charge in [-0.2, -0.15) is 0 Å². The molecule has 0 aromatic rings. The highest BCUT2D eigenvalue weighted by atomic mass is 16.5. The quantitative estimate of drug-likeness (QED) is 0.562. The third kappa shape index (κ3) is 7.86. The van der Waals surface area contributed by atoms with Crippen LogP contribution in [0.3, 0.4) is 0 Å². The molecule has 0 heterocycles. The van der Waals surface area contributed by atoms with E-state index in [9.17, 15) is 4.79 Å². The van der Waals surface area contributed by atoms with Crippen molar-refractivity contribution in [3.05, 3.63) is 6.92 Å². The third-order valence-electron chi connectivity index (χ3n) is 2.95. The van der Waals surface area contributed by atoms with Crippen LogP contribution in [-0.4, -0.2) is 18.5 Å². The Hall–Kier alpha value is -0.370. The molecule has 3 unspecified atom stereocenters. The molecule has 0 spiro atoms. The summed E-state index contributed by atoms with van der Waals surface area (Å²) < 4.78 is 5.70. The number of ether oxygens (including phenoxy) is 1. The summed E-state index contributed by atoms with van der Waals surface area (Å²) >= 11 is 0. The summed E-state index contributed by atoms with van der Waals surface area (Å²) in [5.41, 5.74) is 0. The molecule has 0 saturated carbocycles. The van der Waals surface area contributed by atoms with E-state index in [-0.39, 0.29) is 6.10 Å². The summed E-state index contributed by atoms with van der Waals surface area (Å²) in [7, 11) is 0. The zero-order valence-electron chi connectivity index (χ0n) is 11.3. The SMILES string of the molecule is [CH2-]C(C)COC(C)C(C)CCCC(=O)CC. The Kier molecular flexibility index (Phi) is 8.54. The van der Waals surface area contributed by atoms with E-state index in [1.807, 2.05) is 6.92 Å². The predicted molar refractivity (Wildman–Crippen MR) is 68.2 cm³/mol. The van der Waals surface area contributed by atoms with Crippen LogP contribution in [0, 0.1) is 18.8 Å². The maximum absolute atomic E-state index is 11.1. The van der Waals surface area contributed by atoms with Crippen LogP contribution in [0.2, 0.25) is 0 Å². The van der Waals surface area contributed by atoms with Crippen molar-refractivity contribution < 1.29 is 9.53 Å². The van der Waals surface area contributed by atoms with Crippen molar-refractivity contribution in [2.45, 2.75) is 59.5 Å². The highest BCUT2D eigenvalue weighted by Gasteiger charge is 2.12. The molecule has 0 aliphatic heterocycles. The van der Waals surface area contributed by atoms with Crippen molar-refractivity contribution in [2.24, 2.45) is 11.8 Å². The topological polar surface area (TPSA) is 26.3 Å². The largest absolute Gasteiger partial charge is 0.381 e. The van der Waals surface area contributed by atoms with Gasteiger partial charge in [-0.05, 0) is 25.7 Å². The molecule has 3 atom stereocenters. The number of ketones is 1. The van der Waals surface area contributed by atoms with Crippen molar-refractivity contribution >= 4 is 5.78 Å². The van der Waals surface area contributed by atoms with Crippen LogP contribution in [0.15, 0.2) is 0 Å². The molecular formula is C14H27O2-. The summed E-state index contributed by atoms with van der Waals surface area (Å²) in [6.45, 7) is 12.9. The van der Waals surface area contributed by atoms with E-state index in [0.717, 1.165) is 25.9 Å². The molecule has 0 aromatic heterocycles. The molecule has 2 heteroatoms. The lowest BCUT2D eigenvalue weighted by Crippen LogP contribution is -2.20. The van der Waals surface area contributed by atoms with Gasteiger partial charge in [-0.3, -0.25) is 4.79 Å². The normalized spacial score (nSPS) is 16.8. The predicted octanol–water partition coefficient (Wildman–Crippen LogP) is 3.65. The Morgan fingerprint density at radius 2 is 1.94 bits per heavy atom. The molecule has 0 rings (SSSR count). The van der Waals surface area contributed by atoms with Gasteiger partial charge in [0, 0.05) is 19.4 Å². The fourth-order valence-corrected chi connectivity index (χ4v) is 1.51. The van der Waals surface area contributed by atoms with Crippen LogP contribution in [0.25, 0.3) is 0 Å². The van der Waals surface area contributed by atoms with Crippen LogP contribution in [0.1, 0.15) is 53.4 Å². The Labute approximate surface area is 101 Å². The van der Waals surface area contributed by atoms with Crippen LogP contribution in [-0.2, 0) is 9.53 Å². The molecule has 2 nitrogen and oxygen atoms in total. The highest BCUT2D eigenvalue weighted by molar-refractivity contribution is 5.77. The summed E-state index contributed by atoms with van der Waals surface area (Å²) in [6.07, 6.45) is 3.71. The summed E-state index contributed by atoms with van der Waals surface area (Å²) in [5, 5.41) is 0. The summed E-state index contributed by atoms with van der Waals surface area (Å²) in [4.78, 5) is 11.1. The van der Waals surface area contributed by atoms with E-state index in [2.05, 4.69) is 27.7 Å². The van der Waals surface area contributed by atoms with Gasteiger partial charge in [-0.25, -0.2) is 0 Å². The average molecular weight is 227 g/mol. The van der Waals surface area contributed by atoms with Crippen LogP contribution < -0.4 is 0 Å². The smallest absolute Gasteiger partial charge is 0.132 e. The minimum atomic E-state index is 0.265. The fraction of sp³-hybridized carbons (Fsp3) is 0.857. The molecule has 0 aliphatic carbocycles. The number of hydrogen-bond acceptors (Lipinski definition) is 2. The summed E-state index contributed by atoms with van der Waals surface area (Å²) in [5.74, 6) is 1.23. The van der Waals surface area contributed by atoms with Gasteiger partial charge in [-0.15, -0.1) is 5.92 Å². The first kappa shape index (κ1) is 15.6. The molecule has 96 valence electrons. The van der Waals surface area contributed by atoms with Gasteiger partial charge in [0.1, 0.15) is 5.78 Å². The lowest BCUT2D eigenvalue weighted by molar-refractivity contribution is -0.118. The molecule has 0 amide bonds. The van der Waals surface area contributed by atoms with Gasteiger partial charge in [0.15, 0.2) is 0 Å². The van der Waals surface area contributed by atoms with Crippen LogP contribution in [0.4, 0.5) is 0 Å². The molecule has 0 aromatic carbocycles. The van der Waals surface area contributed by atoms with Crippen molar-refractivity contribution in [1.82, 2.24) is 0 Å². The van der Waals surface area contributed by atoms with Gasteiger partial charge in [0.05, 0.1) is 6.10 Å². The monoisotopic (exact) mass is 227 g/mol. The standard InChI is InChI=1S/C14H27O2/c1-6-14(15)9-7-8-12(4)13(5)16-10-11(2)3/h11-13H,2,6-10H2,1,3-5H3/q-1. The lowest BCUT2D eigenvalue weighted by Gasteiger charge is -2.23. The molecular weight excluding hydrogens is 200 g/mol. The lowest BCUT2D eigenvalue weighted by atomic mass is 9.97. The van der Waals surface area contributed by atoms with E-state index in [1.54, 1.807) is 0 Å². The third-order valence-corrected chi connectivity index (χ3v) is 2.95. The molecule has 0 aliphatic rings. The van der Waals surface area contributed by atoms with Crippen molar-refractivity contribution in [2.75, 3.05) is 6.61 Å². The van der Waals surface area contributed by atoms with Gasteiger partial charge >= 0.3 is 0 Å². The number of carbonyl (C=O) groups is 1. The average Bonchev–Trinajstić information content (AvgIpc) is 2.25. The molecule has 16 heavy (non-hydrogen) atoms. The van der Waals surface area contributed by atoms with Gasteiger partial charge in [0.2, 0.25) is 0 Å². The van der Waals surface area contributed by atoms with Crippen LogP contribution in [0.5, 0.6) is 0 Å². The van der Waals surface area contributed by atoms with Gasteiger partial charge < -0.3 is 11.7 Å². The number of carbonyl (C=O) groups excluding carboxylic acids is 1. The Balaban J connectivity index is 3.62. The first-order valence-electron chi connectivity index (χ1n) is 6.43. The Bertz CT molecular complexity index is 187. The maximum Gasteiger partial charge on any atom is 0.132 e. The van der Waals surface area contributed by atoms with Gasteiger partial charge in [0.25, 0.3) is 0 Å². The number of Topliss-reactive ketones (excluding diaryl/α,β-unsaturated/α-hetero) is 1. The van der Waals surface area contributed by atoms with E-state index < -0.39 is 0 Å². The zero-order chi connectivity index (χ0) is 12.6. The molecule has 0 saturated heterocycles.